The van der Waals surface area contributed by atoms with E-state index in [1.807, 2.05) is 42.0 Å². The number of rotatable bonds is 6. The molecule has 0 aliphatic carbocycles. The number of nitriles is 1. The van der Waals surface area contributed by atoms with E-state index in [2.05, 4.69) is 22.0 Å². The smallest absolute Gasteiger partial charge is 0.119 e. The molecule has 1 aromatic heterocycles. The molecule has 0 bridgehead atoms. The van der Waals surface area contributed by atoms with Gasteiger partial charge in [0.25, 0.3) is 0 Å². The van der Waals surface area contributed by atoms with E-state index in [9.17, 15) is 0 Å². The average molecular weight is 378 g/mol. The summed E-state index contributed by atoms with van der Waals surface area (Å²) < 4.78 is 6.00. The van der Waals surface area contributed by atoms with Crippen molar-refractivity contribution in [2.45, 2.75) is 25.8 Å². The van der Waals surface area contributed by atoms with Crippen molar-refractivity contribution in [1.29, 1.82) is 5.26 Å². The molecule has 0 N–H and O–H groups in total. The number of likely N-dealkylation sites (tertiary alicyclic amines) is 1. The minimum atomic E-state index is 0.692. The highest BCUT2D eigenvalue weighted by molar-refractivity contribution is 7.09. The van der Waals surface area contributed by atoms with Crippen LogP contribution in [0.2, 0.25) is 0 Å². The molecule has 2 aromatic carbocycles. The lowest BCUT2D eigenvalue weighted by molar-refractivity contribution is 0.158. The van der Waals surface area contributed by atoms with Crippen LogP contribution in [0.5, 0.6) is 5.75 Å². The molecule has 0 atom stereocenters. The zero-order chi connectivity index (χ0) is 18.5. The second-order valence-electron chi connectivity index (χ2n) is 7.16. The molecule has 5 heteroatoms. The SMILES string of the molecule is N#Cc1ccc2cc(OCCC3CCN(Cc4cncs4)CC3)ccc2c1. The number of piperidine rings is 1. The third-order valence-electron chi connectivity index (χ3n) is 5.31. The Balaban J connectivity index is 1.23. The van der Waals surface area contributed by atoms with Gasteiger partial charge in [-0.2, -0.15) is 5.26 Å². The summed E-state index contributed by atoms with van der Waals surface area (Å²) >= 11 is 1.74. The molecule has 138 valence electrons. The van der Waals surface area contributed by atoms with Crippen LogP contribution >= 0.6 is 11.3 Å². The fraction of sp³-hybridized carbons (Fsp3) is 0.364. The van der Waals surface area contributed by atoms with Gasteiger partial charge in [0.15, 0.2) is 0 Å². The Morgan fingerprint density at radius 2 is 1.96 bits per heavy atom. The molecule has 2 heterocycles. The summed E-state index contributed by atoms with van der Waals surface area (Å²) in [7, 11) is 0. The highest BCUT2D eigenvalue weighted by Gasteiger charge is 2.19. The van der Waals surface area contributed by atoms with Crippen LogP contribution in [0.1, 0.15) is 29.7 Å². The van der Waals surface area contributed by atoms with Crippen LogP contribution in [0.25, 0.3) is 10.8 Å². The summed E-state index contributed by atoms with van der Waals surface area (Å²) in [6, 6.07) is 14.0. The van der Waals surface area contributed by atoms with E-state index in [-0.39, 0.29) is 0 Å². The number of thiazole rings is 1. The van der Waals surface area contributed by atoms with Gasteiger partial charge in [-0.05, 0) is 73.3 Å². The van der Waals surface area contributed by atoms with Crippen LogP contribution in [-0.2, 0) is 6.54 Å². The monoisotopic (exact) mass is 377 g/mol. The van der Waals surface area contributed by atoms with Gasteiger partial charge in [0.05, 0.1) is 23.8 Å². The number of nitrogens with zero attached hydrogens (tertiary/aromatic N) is 3. The van der Waals surface area contributed by atoms with Crippen molar-refractivity contribution in [3.8, 4) is 11.8 Å². The largest absolute Gasteiger partial charge is 0.494 e. The van der Waals surface area contributed by atoms with Gasteiger partial charge in [0.2, 0.25) is 0 Å². The highest BCUT2D eigenvalue weighted by atomic mass is 32.1. The minimum absolute atomic E-state index is 0.692. The van der Waals surface area contributed by atoms with Crippen LogP contribution < -0.4 is 4.74 Å². The van der Waals surface area contributed by atoms with Crippen LogP contribution in [0.4, 0.5) is 0 Å². The van der Waals surface area contributed by atoms with E-state index in [0.717, 1.165) is 42.0 Å². The van der Waals surface area contributed by atoms with Gasteiger partial charge in [-0.15, -0.1) is 11.3 Å². The normalized spacial score (nSPS) is 15.7. The molecule has 4 rings (SSSR count). The maximum atomic E-state index is 8.99. The summed E-state index contributed by atoms with van der Waals surface area (Å²) in [5, 5.41) is 11.2. The Morgan fingerprint density at radius 1 is 1.15 bits per heavy atom. The van der Waals surface area contributed by atoms with Crippen molar-refractivity contribution in [2.75, 3.05) is 19.7 Å². The van der Waals surface area contributed by atoms with Gasteiger partial charge in [-0.25, -0.2) is 0 Å². The van der Waals surface area contributed by atoms with Gasteiger partial charge in [-0.3, -0.25) is 9.88 Å². The zero-order valence-corrected chi connectivity index (χ0v) is 16.1. The Morgan fingerprint density at radius 3 is 2.74 bits per heavy atom. The summed E-state index contributed by atoms with van der Waals surface area (Å²) in [6.07, 6.45) is 5.59. The molecule has 27 heavy (non-hydrogen) atoms. The molecule has 0 spiro atoms. The first-order valence-electron chi connectivity index (χ1n) is 9.46. The summed E-state index contributed by atoms with van der Waals surface area (Å²) in [6.45, 7) is 4.14. The predicted molar refractivity (Wildman–Crippen MR) is 109 cm³/mol. The molecule has 1 saturated heterocycles. The standard InChI is InChI=1S/C22H23N3OS/c23-13-18-1-2-20-12-21(4-3-19(20)11-18)26-10-7-17-5-8-25(9-6-17)15-22-14-24-16-27-22/h1-4,11-12,14,16-17H,5-10,15H2. The molecule has 0 unspecified atom stereocenters. The van der Waals surface area contributed by atoms with Gasteiger partial charge in [-0.1, -0.05) is 12.1 Å². The Hall–Kier alpha value is -2.42. The molecule has 3 aromatic rings. The lowest BCUT2D eigenvalue weighted by Gasteiger charge is -2.31. The van der Waals surface area contributed by atoms with E-state index in [1.165, 1.54) is 30.8 Å². The van der Waals surface area contributed by atoms with Gasteiger partial charge in [0, 0.05) is 17.6 Å². The number of benzene rings is 2. The Kier molecular flexibility index (Phi) is 5.66. The topological polar surface area (TPSA) is 49.1 Å². The quantitative estimate of drug-likeness (QED) is 0.616. The van der Waals surface area contributed by atoms with Gasteiger partial charge in [0.1, 0.15) is 5.75 Å². The molecule has 0 saturated carbocycles. The lowest BCUT2D eigenvalue weighted by Crippen LogP contribution is -2.33. The number of fused-ring (bicyclic) bond motifs is 1. The Bertz CT molecular complexity index is 924. The second-order valence-corrected chi connectivity index (χ2v) is 8.13. The molecule has 0 radical (unpaired) electrons. The minimum Gasteiger partial charge on any atom is -0.494 e. The van der Waals surface area contributed by atoms with E-state index < -0.39 is 0 Å². The molecule has 4 nitrogen and oxygen atoms in total. The first-order chi connectivity index (χ1) is 13.3. The van der Waals surface area contributed by atoms with E-state index in [1.54, 1.807) is 11.3 Å². The maximum Gasteiger partial charge on any atom is 0.119 e. The summed E-state index contributed by atoms with van der Waals surface area (Å²) in [4.78, 5) is 8.05. The fourth-order valence-electron chi connectivity index (χ4n) is 3.70. The third-order valence-corrected chi connectivity index (χ3v) is 6.07. The van der Waals surface area contributed by atoms with Crippen LogP contribution in [0, 0.1) is 17.2 Å². The second kappa shape index (κ2) is 8.51. The summed E-state index contributed by atoms with van der Waals surface area (Å²) in [5.74, 6) is 1.66. The van der Waals surface area contributed by atoms with Crippen molar-refractivity contribution in [1.82, 2.24) is 9.88 Å². The molecule has 0 amide bonds. The maximum absolute atomic E-state index is 8.99. The van der Waals surface area contributed by atoms with E-state index in [0.29, 0.717) is 5.56 Å². The molecular weight excluding hydrogens is 354 g/mol. The molecule has 1 aliphatic rings. The molecular formula is C22H23N3OS. The van der Waals surface area contributed by atoms with Crippen molar-refractivity contribution in [3.05, 3.63) is 58.5 Å². The van der Waals surface area contributed by atoms with Crippen molar-refractivity contribution < 1.29 is 4.74 Å². The fourth-order valence-corrected chi connectivity index (χ4v) is 4.34. The molecule has 1 aliphatic heterocycles. The zero-order valence-electron chi connectivity index (χ0n) is 15.3. The first-order valence-corrected chi connectivity index (χ1v) is 10.3. The third kappa shape index (κ3) is 4.65. The van der Waals surface area contributed by atoms with E-state index >= 15 is 0 Å². The molecule has 1 fully saturated rings. The number of hydrogen-bond acceptors (Lipinski definition) is 5. The first kappa shape index (κ1) is 18.0. The average Bonchev–Trinajstić information content (AvgIpc) is 3.22. The van der Waals surface area contributed by atoms with Crippen molar-refractivity contribution in [2.24, 2.45) is 5.92 Å². The summed E-state index contributed by atoms with van der Waals surface area (Å²) in [5.41, 5.74) is 2.60. The van der Waals surface area contributed by atoms with Crippen molar-refractivity contribution in [3.63, 3.8) is 0 Å². The number of aromatic nitrogens is 1. The van der Waals surface area contributed by atoms with Gasteiger partial charge < -0.3 is 4.74 Å². The Labute approximate surface area is 164 Å². The van der Waals surface area contributed by atoms with Crippen molar-refractivity contribution >= 4 is 22.1 Å². The number of ether oxygens (including phenoxy) is 1. The van der Waals surface area contributed by atoms with Gasteiger partial charge >= 0.3 is 0 Å². The highest BCUT2D eigenvalue weighted by Crippen LogP contribution is 2.25. The number of hydrogen-bond donors (Lipinski definition) is 0. The lowest BCUT2D eigenvalue weighted by atomic mass is 9.94. The van der Waals surface area contributed by atoms with E-state index in [4.69, 9.17) is 10.00 Å². The van der Waals surface area contributed by atoms with Crippen LogP contribution in [0.3, 0.4) is 0 Å². The predicted octanol–water partition coefficient (Wildman–Crippen LogP) is 4.85. The van der Waals surface area contributed by atoms with Crippen LogP contribution in [0.15, 0.2) is 48.1 Å². The van der Waals surface area contributed by atoms with Crippen LogP contribution in [-0.4, -0.2) is 29.6 Å².